The molecule has 8 nitrogen and oxygen atoms in total. The Bertz CT molecular complexity index is 456. The van der Waals surface area contributed by atoms with Crippen LogP contribution in [0.1, 0.15) is 16.2 Å². The van der Waals surface area contributed by atoms with Crippen LogP contribution in [-0.4, -0.2) is 66.7 Å². The molecule has 0 radical (unpaired) electrons. The molecule has 0 spiro atoms. The topological polar surface area (TPSA) is 86.5 Å². The highest BCUT2D eigenvalue weighted by molar-refractivity contribution is 5.88. The smallest absolute Gasteiger partial charge is 0.360 e. The third-order valence-corrected chi connectivity index (χ3v) is 2.54. The average Bonchev–Trinajstić information content (AvgIpc) is 2.78. The number of aromatic nitrogens is 3. The van der Waals surface area contributed by atoms with Gasteiger partial charge in [0.05, 0.1) is 19.4 Å². The van der Waals surface area contributed by atoms with Gasteiger partial charge in [0, 0.05) is 27.6 Å². The minimum absolute atomic E-state index is 0.0239. The van der Waals surface area contributed by atoms with Crippen LogP contribution in [0.2, 0.25) is 0 Å². The predicted octanol–water partition coefficient (Wildman–Crippen LogP) is -0.658. The van der Waals surface area contributed by atoms with E-state index < -0.39 is 5.97 Å². The van der Waals surface area contributed by atoms with Crippen LogP contribution in [0.4, 0.5) is 0 Å². The Hall–Kier alpha value is -1.96. The first-order valence-electron chi connectivity index (χ1n) is 5.71. The van der Waals surface area contributed by atoms with Crippen LogP contribution in [-0.2, 0) is 27.2 Å². The summed E-state index contributed by atoms with van der Waals surface area (Å²) in [6.07, 6.45) is 0.425. The van der Waals surface area contributed by atoms with E-state index in [2.05, 4.69) is 15.0 Å². The van der Waals surface area contributed by atoms with Gasteiger partial charge >= 0.3 is 5.97 Å². The summed E-state index contributed by atoms with van der Waals surface area (Å²) in [4.78, 5) is 24.7. The molecule has 1 rings (SSSR count). The van der Waals surface area contributed by atoms with Crippen molar-refractivity contribution < 1.29 is 19.1 Å². The molecule has 106 valence electrons. The number of hydrogen-bond donors (Lipinski definition) is 0. The summed E-state index contributed by atoms with van der Waals surface area (Å²) < 4.78 is 11.0. The van der Waals surface area contributed by atoms with Crippen molar-refractivity contribution in [2.75, 3.05) is 34.9 Å². The molecular formula is C11H18N4O4. The number of amides is 1. The van der Waals surface area contributed by atoms with Crippen molar-refractivity contribution in [2.24, 2.45) is 0 Å². The van der Waals surface area contributed by atoms with Crippen molar-refractivity contribution in [1.29, 1.82) is 0 Å². The first-order chi connectivity index (χ1) is 9.01. The zero-order chi connectivity index (χ0) is 14.4. The van der Waals surface area contributed by atoms with E-state index >= 15 is 0 Å². The van der Waals surface area contributed by atoms with E-state index in [1.54, 1.807) is 21.2 Å². The lowest BCUT2D eigenvalue weighted by Crippen LogP contribution is -2.28. The van der Waals surface area contributed by atoms with E-state index in [0.29, 0.717) is 18.7 Å². The summed E-state index contributed by atoms with van der Waals surface area (Å²) in [5, 5.41) is 7.59. The van der Waals surface area contributed by atoms with Crippen LogP contribution >= 0.6 is 0 Å². The second-order valence-electron chi connectivity index (χ2n) is 4.06. The SMILES string of the molecule is COCCc1c(C(=O)OC)nnn1CC(=O)N(C)C. The number of nitrogens with zero attached hydrogens (tertiary/aromatic N) is 4. The predicted molar refractivity (Wildman–Crippen MR) is 65.6 cm³/mol. The summed E-state index contributed by atoms with van der Waals surface area (Å²) in [5.41, 5.74) is 0.648. The van der Waals surface area contributed by atoms with Gasteiger partial charge in [0.2, 0.25) is 5.91 Å². The van der Waals surface area contributed by atoms with Crippen LogP contribution < -0.4 is 0 Å². The molecule has 8 heteroatoms. The number of ether oxygens (including phenoxy) is 2. The van der Waals surface area contributed by atoms with E-state index in [1.165, 1.54) is 16.7 Å². The Morgan fingerprint density at radius 1 is 1.32 bits per heavy atom. The Morgan fingerprint density at radius 2 is 2.00 bits per heavy atom. The molecule has 0 saturated heterocycles. The fraction of sp³-hybridized carbons (Fsp3) is 0.636. The molecule has 0 bridgehead atoms. The Morgan fingerprint density at radius 3 is 2.53 bits per heavy atom. The summed E-state index contributed by atoms with van der Waals surface area (Å²) in [6, 6.07) is 0. The van der Waals surface area contributed by atoms with Crippen LogP contribution in [0.3, 0.4) is 0 Å². The fourth-order valence-electron chi connectivity index (χ4n) is 1.43. The van der Waals surface area contributed by atoms with Crippen molar-refractivity contribution in [3.8, 4) is 0 Å². The average molecular weight is 270 g/mol. The molecule has 0 fully saturated rings. The summed E-state index contributed by atoms with van der Waals surface area (Å²) in [7, 11) is 6.12. The molecule has 0 aliphatic rings. The van der Waals surface area contributed by atoms with Crippen molar-refractivity contribution in [3.63, 3.8) is 0 Å². The second-order valence-corrected chi connectivity index (χ2v) is 4.06. The van der Waals surface area contributed by atoms with Gasteiger partial charge in [0.15, 0.2) is 5.69 Å². The molecule has 1 aromatic rings. The van der Waals surface area contributed by atoms with E-state index in [1.807, 2.05) is 0 Å². The standard InChI is InChI=1S/C11H18N4O4/c1-14(2)9(16)7-15-8(5-6-18-3)10(12-13-15)11(17)19-4/h5-7H2,1-4H3. The minimum atomic E-state index is -0.574. The molecule has 0 aromatic carbocycles. The lowest BCUT2D eigenvalue weighted by molar-refractivity contribution is -0.129. The highest BCUT2D eigenvalue weighted by Gasteiger charge is 2.21. The normalized spacial score (nSPS) is 10.3. The number of methoxy groups -OCH3 is 2. The first-order valence-corrected chi connectivity index (χ1v) is 5.71. The number of carbonyl (C=O) groups excluding carboxylic acids is 2. The first kappa shape index (κ1) is 15.1. The van der Waals surface area contributed by atoms with Gasteiger partial charge in [-0.05, 0) is 0 Å². The van der Waals surface area contributed by atoms with E-state index in [0.717, 1.165) is 0 Å². The summed E-state index contributed by atoms with van der Waals surface area (Å²) in [6.45, 7) is 0.420. The summed E-state index contributed by atoms with van der Waals surface area (Å²) >= 11 is 0. The van der Waals surface area contributed by atoms with Crippen LogP contribution in [0.15, 0.2) is 0 Å². The van der Waals surface area contributed by atoms with Gasteiger partial charge < -0.3 is 14.4 Å². The van der Waals surface area contributed by atoms with Gasteiger partial charge in [-0.2, -0.15) is 0 Å². The van der Waals surface area contributed by atoms with Gasteiger partial charge in [-0.25, -0.2) is 9.48 Å². The molecule has 19 heavy (non-hydrogen) atoms. The maximum Gasteiger partial charge on any atom is 0.360 e. The fourth-order valence-corrected chi connectivity index (χ4v) is 1.43. The third kappa shape index (κ3) is 3.75. The Labute approximate surface area is 111 Å². The van der Waals surface area contributed by atoms with Crippen LogP contribution in [0, 0.1) is 0 Å². The Balaban J connectivity index is 3.00. The molecule has 0 aliphatic heterocycles. The van der Waals surface area contributed by atoms with Crippen molar-refractivity contribution in [3.05, 3.63) is 11.4 Å². The van der Waals surface area contributed by atoms with Gasteiger partial charge in [-0.1, -0.05) is 5.21 Å². The minimum Gasteiger partial charge on any atom is -0.464 e. The third-order valence-electron chi connectivity index (χ3n) is 2.54. The van der Waals surface area contributed by atoms with Gasteiger partial charge in [0.1, 0.15) is 6.54 Å². The van der Waals surface area contributed by atoms with Crippen molar-refractivity contribution in [1.82, 2.24) is 19.9 Å². The highest BCUT2D eigenvalue weighted by atomic mass is 16.5. The summed E-state index contributed by atoms with van der Waals surface area (Å²) in [5.74, 6) is -0.713. The lowest BCUT2D eigenvalue weighted by Gasteiger charge is -2.11. The molecular weight excluding hydrogens is 252 g/mol. The number of esters is 1. The monoisotopic (exact) mass is 270 g/mol. The van der Waals surface area contributed by atoms with E-state index in [-0.39, 0.29) is 18.1 Å². The number of hydrogen-bond acceptors (Lipinski definition) is 6. The lowest BCUT2D eigenvalue weighted by atomic mass is 10.2. The quantitative estimate of drug-likeness (QED) is 0.638. The van der Waals surface area contributed by atoms with Gasteiger partial charge in [-0.15, -0.1) is 5.10 Å². The van der Waals surface area contributed by atoms with E-state index in [4.69, 9.17) is 4.74 Å². The molecule has 0 atom stereocenters. The molecule has 0 unspecified atom stereocenters. The molecule has 1 aromatic heterocycles. The van der Waals surface area contributed by atoms with Crippen LogP contribution in [0.5, 0.6) is 0 Å². The molecule has 1 amide bonds. The maximum absolute atomic E-state index is 11.7. The van der Waals surface area contributed by atoms with Crippen molar-refractivity contribution >= 4 is 11.9 Å². The van der Waals surface area contributed by atoms with E-state index in [9.17, 15) is 9.59 Å². The number of rotatable bonds is 6. The highest BCUT2D eigenvalue weighted by Crippen LogP contribution is 2.08. The Kier molecular flexibility index (Phi) is 5.43. The van der Waals surface area contributed by atoms with Crippen molar-refractivity contribution in [2.45, 2.75) is 13.0 Å². The zero-order valence-corrected chi connectivity index (χ0v) is 11.5. The van der Waals surface area contributed by atoms with Gasteiger partial charge in [-0.3, -0.25) is 4.79 Å². The number of carbonyl (C=O) groups is 2. The molecule has 0 N–H and O–H groups in total. The second kappa shape index (κ2) is 6.83. The molecule has 0 aliphatic carbocycles. The van der Waals surface area contributed by atoms with Crippen LogP contribution in [0.25, 0.3) is 0 Å². The largest absolute Gasteiger partial charge is 0.464 e. The number of likely N-dealkylation sites (N-methyl/N-ethyl adjacent to an activating group) is 1. The molecule has 1 heterocycles. The van der Waals surface area contributed by atoms with Gasteiger partial charge in [0.25, 0.3) is 0 Å². The maximum atomic E-state index is 11.7. The zero-order valence-electron chi connectivity index (χ0n) is 11.5. The molecule has 0 saturated carbocycles.